The van der Waals surface area contributed by atoms with Crippen molar-refractivity contribution < 1.29 is 4.79 Å². The van der Waals surface area contributed by atoms with Crippen molar-refractivity contribution in [1.82, 2.24) is 14.5 Å². The summed E-state index contributed by atoms with van der Waals surface area (Å²) in [6.07, 6.45) is 2.03. The summed E-state index contributed by atoms with van der Waals surface area (Å²) >= 11 is 1.32. The van der Waals surface area contributed by atoms with Crippen LogP contribution in [0.25, 0.3) is 16.6 Å². The van der Waals surface area contributed by atoms with Crippen LogP contribution in [0, 0.1) is 13.8 Å². The van der Waals surface area contributed by atoms with Crippen molar-refractivity contribution in [3.63, 3.8) is 0 Å². The Balaban J connectivity index is 2.05. The van der Waals surface area contributed by atoms with Crippen molar-refractivity contribution in [1.29, 1.82) is 0 Å². The molecular weight excluding hydrogens is 382 g/mol. The van der Waals surface area contributed by atoms with E-state index in [0.29, 0.717) is 16.1 Å². The third-order valence-corrected chi connectivity index (χ3v) is 5.87. The number of aromatic nitrogens is 2. The molecule has 1 heterocycles. The molecule has 0 saturated heterocycles. The molecule has 3 rings (SSSR count). The van der Waals surface area contributed by atoms with Gasteiger partial charge in [-0.2, -0.15) is 0 Å². The average molecular weight is 410 g/mol. The normalized spacial score (nSPS) is 11.0. The maximum atomic E-state index is 13.3. The Labute approximate surface area is 175 Å². The summed E-state index contributed by atoms with van der Waals surface area (Å²) in [6, 6.07) is 13.4. The number of unbranched alkanes of at least 4 members (excludes halogenated alkanes) is 1. The lowest BCUT2D eigenvalue weighted by atomic mass is 10.1. The molecule has 2 aromatic carbocycles. The molecule has 152 valence electrons. The first-order valence-electron chi connectivity index (χ1n) is 9.88. The third-order valence-electron chi connectivity index (χ3n) is 4.95. The zero-order valence-corrected chi connectivity index (χ0v) is 18.3. The van der Waals surface area contributed by atoms with Gasteiger partial charge < -0.3 is 4.90 Å². The molecule has 0 saturated carbocycles. The van der Waals surface area contributed by atoms with E-state index in [1.807, 2.05) is 57.3 Å². The zero-order chi connectivity index (χ0) is 21.0. The fourth-order valence-corrected chi connectivity index (χ4v) is 4.08. The number of rotatable bonds is 7. The van der Waals surface area contributed by atoms with E-state index >= 15 is 0 Å². The van der Waals surface area contributed by atoms with Crippen molar-refractivity contribution in [3.8, 4) is 5.69 Å². The van der Waals surface area contributed by atoms with Crippen LogP contribution in [0.1, 0.15) is 30.9 Å². The van der Waals surface area contributed by atoms with Crippen LogP contribution in [0.3, 0.4) is 0 Å². The minimum absolute atomic E-state index is 0.0402. The van der Waals surface area contributed by atoms with Gasteiger partial charge in [0.1, 0.15) is 0 Å². The Morgan fingerprint density at radius 1 is 1.17 bits per heavy atom. The third kappa shape index (κ3) is 4.70. The number of benzene rings is 2. The average Bonchev–Trinajstić information content (AvgIpc) is 2.72. The van der Waals surface area contributed by atoms with Crippen molar-refractivity contribution in [2.75, 3.05) is 19.3 Å². The lowest BCUT2D eigenvalue weighted by Crippen LogP contribution is -2.30. The van der Waals surface area contributed by atoms with Crippen LogP contribution in [-0.2, 0) is 4.79 Å². The summed E-state index contributed by atoms with van der Waals surface area (Å²) in [4.78, 5) is 32.4. The van der Waals surface area contributed by atoms with Gasteiger partial charge in [-0.1, -0.05) is 49.4 Å². The zero-order valence-electron chi connectivity index (χ0n) is 17.4. The fraction of sp³-hybridized carbons (Fsp3) is 0.348. The van der Waals surface area contributed by atoms with Crippen molar-refractivity contribution in [2.24, 2.45) is 0 Å². The van der Waals surface area contributed by atoms with Crippen molar-refractivity contribution in [3.05, 3.63) is 63.9 Å². The van der Waals surface area contributed by atoms with Crippen LogP contribution in [0.4, 0.5) is 0 Å². The van der Waals surface area contributed by atoms with Gasteiger partial charge in [0.05, 0.1) is 22.3 Å². The van der Waals surface area contributed by atoms with E-state index in [0.717, 1.165) is 36.2 Å². The topological polar surface area (TPSA) is 55.2 Å². The lowest BCUT2D eigenvalue weighted by molar-refractivity contribution is -0.127. The van der Waals surface area contributed by atoms with E-state index in [1.54, 1.807) is 15.5 Å². The predicted octanol–water partition coefficient (Wildman–Crippen LogP) is 4.35. The highest BCUT2D eigenvalue weighted by atomic mass is 32.2. The van der Waals surface area contributed by atoms with Crippen LogP contribution in [0.2, 0.25) is 0 Å². The molecular formula is C23H27N3O2S. The highest BCUT2D eigenvalue weighted by molar-refractivity contribution is 7.99. The number of carbonyl (C=O) groups is 1. The van der Waals surface area contributed by atoms with E-state index in [4.69, 9.17) is 4.98 Å². The predicted molar refractivity (Wildman–Crippen MR) is 120 cm³/mol. The maximum absolute atomic E-state index is 13.3. The molecule has 5 nitrogen and oxygen atoms in total. The van der Waals surface area contributed by atoms with Gasteiger partial charge in [-0.3, -0.25) is 14.2 Å². The molecule has 0 bridgehead atoms. The number of fused-ring (bicyclic) bond motifs is 1. The number of aryl methyl sites for hydroxylation is 2. The minimum atomic E-state index is -0.112. The number of thioether (sulfide) groups is 1. The van der Waals surface area contributed by atoms with Gasteiger partial charge in [0.25, 0.3) is 5.56 Å². The fourth-order valence-electron chi connectivity index (χ4n) is 3.14. The van der Waals surface area contributed by atoms with Gasteiger partial charge >= 0.3 is 0 Å². The van der Waals surface area contributed by atoms with Crippen LogP contribution in [0.5, 0.6) is 0 Å². The van der Waals surface area contributed by atoms with Gasteiger partial charge in [0.15, 0.2) is 5.16 Å². The summed E-state index contributed by atoms with van der Waals surface area (Å²) in [6.45, 7) is 6.83. The summed E-state index contributed by atoms with van der Waals surface area (Å²) in [7, 11) is 1.82. The molecule has 0 radical (unpaired) electrons. The highest BCUT2D eigenvalue weighted by Crippen LogP contribution is 2.24. The largest absolute Gasteiger partial charge is 0.345 e. The Kier molecular flexibility index (Phi) is 6.75. The lowest BCUT2D eigenvalue weighted by Gasteiger charge is -2.18. The molecule has 0 atom stereocenters. The van der Waals surface area contributed by atoms with Gasteiger partial charge in [-0.05, 0) is 49.6 Å². The van der Waals surface area contributed by atoms with Crippen LogP contribution in [-0.4, -0.2) is 39.7 Å². The number of nitrogens with zero attached hydrogens (tertiary/aromatic N) is 3. The van der Waals surface area contributed by atoms with E-state index < -0.39 is 0 Å². The van der Waals surface area contributed by atoms with Crippen LogP contribution >= 0.6 is 11.8 Å². The van der Waals surface area contributed by atoms with Gasteiger partial charge in [0, 0.05) is 13.6 Å². The maximum Gasteiger partial charge on any atom is 0.266 e. The molecule has 0 aliphatic rings. The molecule has 0 N–H and O–H groups in total. The summed E-state index contributed by atoms with van der Waals surface area (Å²) in [5, 5.41) is 1.11. The van der Waals surface area contributed by atoms with E-state index in [-0.39, 0.29) is 17.2 Å². The molecule has 1 amide bonds. The van der Waals surface area contributed by atoms with Gasteiger partial charge in [-0.25, -0.2) is 4.98 Å². The second-order valence-corrected chi connectivity index (χ2v) is 8.24. The van der Waals surface area contributed by atoms with Gasteiger partial charge in [-0.15, -0.1) is 0 Å². The smallest absolute Gasteiger partial charge is 0.266 e. The van der Waals surface area contributed by atoms with E-state index in [1.165, 1.54) is 11.8 Å². The number of hydrogen-bond acceptors (Lipinski definition) is 4. The second kappa shape index (κ2) is 9.27. The first kappa shape index (κ1) is 21.1. The Morgan fingerprint density at radius 2 is 1.93 bits per heavy atom. The summed E-state index contributed by atoms with van der Waals surface area (Å²) < 4.78 is 1.65. The minimum Gasteiger partial charge on any atom is -0.345 e. The van der Waals surface area contributed by atoms with Crippen LogP contribution < -0.4 is 5.56 Å². The van der Waals surface area contributed by atoms with Gasteiger partial charge in [0.2, 0.25) is 5.91 Å². The molecule has 0 aliphatic heterocycles. The Hall–Kier alpha value is -2.60. The standard InChI is InChI=1S/C23H27N3O2S/c1-5-6-13-25(4)21(27)15-29-23-24-19-10-8-7-9-18(19)22(28)26(23)20-14-16(2)11-12-17(20)3/h7-12,14H,5-6,13,15H2,1-4H3. The Morgan fingerprint density at radius 3 is 2.69 bits per heavy atom. The summed E-state index contributed by atoms with van der Waals surface area (Å²) in [5.41, 5.74) is 3.40. The first-order valence-corrected chi connectivity index (χ1v) is 10.9. The monoisotopic (exact) mass is 409 g/mol. The molecule has 1 aromatic heterocycles. The van der Waals surface area contributed by atoms with E-state index in [2.05, 4.69) is 6.92 Å². The molecule has 0 unspecified atom stereocenters. The first-order chi connectivity index (χ1) is 13.9. The molecule has 0 fully saturated rings. The van der Waals surface area contributed by atoms with E-state index in [9.17, 15) is 9.59 Å². The quantitative estimate of drug-likeness (QED) is 0.430. The number of hydrogen-bond donors (Lipinski definition) is 0. The number of carbonyl (C=O) groups excluding carboxylic acids is 1. The van der Waals surface area contributed by atoms with Crippen LogP contribution in [0.15, 0.2) is 52.4 Å². The number of para-hydroxylation sites is 1. The Bertz CT molecular complexity index is 1090. The molecule has 0 spiro atoms. The summed E-state index contributed by atoms with van der Waals surface area (Å²) in [5.74, 6) is 0.286. The second-order valence-electron chi connectivity index (χ2n) is 7.30. The van der Waals surface area contributed by atoms with Crippen molar-refractivity contribution >= 4 is 28.6 Å². The molecule has 6 heteroatoms. The molecule has 3 aromatic rings. The molecule has 0 aliphatic carbocycles. The number of amides is 1. The molecule has 29 heavy (non-hydrogen) atoms. The highest BCUT2D eigenvalue weighted by Gasteiger charge is 2.17. The van der Waals surface area contributed by atoms with Crippen molar-refractivity contribution in [2.45, 2.75) is 38.8 Å². The SMILES string of the molecule is CCCCN(C)C(=O)CSc1nc2ccccc2c(=O)n1-c1cc(C)ccc1C.